The first-order chi connectivity index (χ1) is 17.4. The van der Waals surface area contributed by atoms with Gasteiger partial charge in [0.25, 0.3) is 0 Å². The molecule has 9 nitrogen and oxygen atoms in total. The molecule has 9 heteroatoms. The number of rotatable bonds is 8. The average Bonchev–Trinajstić information content (AvgIpc) is 3.18. The van der Waals surface area contributed by atoms with Gasteiger partial charge in [-0.15, -0.1) is 0 Å². The molecule has 1 aromatic heterocycles. The predicted molar refractivity (Wildman–Crippen MR) is 142 cm³/mol. The first kappa shape index (κ1) is 27.3. The van der Waals surface area contributed by atoms with E-state index >= 15 is 0 Å². The molecular weight excluding hydrogens is 470 g/mol. The minimum atomic E-state index is -0.644. The number of ether oxygens (including phenoxy) is 2. The van der Waals surface area contributed by atoms with Gasteiger partial charge in [-0.25, -0.2) is 14.3 Å². The number of nitrogens with zero attached hydrogens (tertiary/aromatic N) is 4. The third-order valence-electron chi connectivity index (χ3n) is 5.22. The van der Waals surface area contributed by atoms with Gasteiger partial charge in [-0.3, -0.25) is 4.79 Å². The monoisotopic (exact) mass is 503 g/mol. The summed E-state index contributed by atoms with van der Waals surface area (Å²) in [6, 6.07) is 16.3. The fraction of sp³-hybridized carbons (Fsp3) is 0.357. The predicted octanol–water partition coefficient (Wildman–Crippen LogP) is 5.28. The van der Waals surface area contributed by atoms with E-state index in [0.29, 0.717) is 28.3 Å². The number of carbonyl (C=O) groups excluding carboxylic acids is 2. The zero-order valence-corrected chi connectivity index (χ0v) is 22.1. The molecule has 0 radical (unpaired) electrons. The van der Waals surface area contributed by atoms with Gasteiger partial charge in [-0.1, -0.05) is 6.07 Å². The van der Waals surface area contributed by atoms with Crippen LogP contribution in [0.1, 0.15) is 51.6 Å². The Morgan fingerprint density at radius 3 is 2.49 bits per heavy atom. The third-order valence-corrected chi connectivity index (χ3v) is 5.22. The van der Waals surface area contributed by atoms with Crippen molar-refractivity contribution in [3.05, 3.63) is 71.8 Å². The molecule has 37 heavy (non-hydrogen) atoms. The Labute approximate surface area is 217 Å². The summed E-state index contributed by atoms with van der Waals surface area (Å²) in [5, 5.41) is 12.3. The van der Waals surface area contributed by atoms with Crippen molar-refractivity contribution in [3.8, 4) is 11.8 Å². The summed E-state index contributed by atoms with van der Waals surface area (Å²) in [6.45, 7) is 11.3. The van der Waals surface area contributed by atoms with E-state index < -0.39 is 11.7 Å². The van der Waals surface area contributed by atoms with E-state index in [1.807, 2.05) is 19.9 Å². The summed E-state index contributed by atoms with van der Waals surface area (Å²) in [4.78, 5) is 31.8. The normalized spacial score (nSPS) is 11.1. The van der Waals surface area contributed by atoms with Crippen molar-refractivity contribution in [2.45, 2.75) is 59.8 Å². The number of carbonyl (C=O) groups is 2. The van der Waals surface area contributed by atoms with Gasteiger partial charge in [0.1, 0.15) is 17.7 Å². The van der Waals surface area contributed by atoms with Gasteiger partial charge in [0.15, 0.2) is 0 Å². The number of nitrogens with one attached hydrogen (secondary N) is 1. The van der Waals surface area contributed by atoms with Crippen LogP contribution in [-0.4, -0.2) is 39.8 Å². The van der Waals surface area contributed by atoms with Gasteiger partial charge in [0.05, 0.1) is 42.2 Å². The molecule has 0 aliphatic rings. The van der Waals surface area contributed by atoms with Crippen LogP contribution in [0.5, 0.6) is 5.75 Å². The lowest BCUT2D eigenvalue weighted by Crippen LogP contribution is -2.33. The van der Waals surface area contributed by atoms with E-state index in [4.69, 9.17) is 9.47 Å². The van der Waals surface area contributed by atoms with Crippen molar-refractivity contribution in [2.75, 3.05) is 16.8 Å². The summed E-state index contributed by atoms with van der Waals surface area (Å²) in [7, 11) is 0. The molecule has 0 atom stereocenters. The first-order valence-corrected chi connectivity index (χ1v) is 12.0. The van der Waals surface area contributed by atoms with E-state index in [9.17, 15) is 14.9 Å². The molecule has 194 valence electrons. The Morgan fingerprint density at radius 1 is 1.16 bits per heavy atom. The Kier molecular flexibility index (Phi) is 8.56. The molecule has 1 amide bonds. The van der Waals surface area contributed by atoms with Gasteiger partial charge < -0.3 is 19.7 Å². The van der Waals surface area contributed by atoms with Crippen molar-refractivity contribution >= 4 is 23.4 Å². The van der Waals surface area contributed by atoms with E-state index in [-0.39, 0.29) is 25.1 Å². The lowest BCUT2D eigenvalue weighted by molar-refractivity contribution is -0.115. The Balaban J connectivity index is 1.80. The first-order valence-electron chi connectivity index (χ1n) is 12.0. The maximum Gasteiger partial charge on any atom is 0.420 e. The minimum absolute atomic E-state index is 0.00212. The van der Waals surface area contributed by atoms with Crippen LogP contribution >= 0.6 is 0 Å². The molecule has 3 aromatic rings. The van der Waals surface area contributed by atoms with Crippen molar-refractivity contribution in [3.63, 3.8) is 0 Å². The van der Waals surface area contributed by atoms with E-state index in [1.54, 1.807) is 75.1 Å². The minimum Gasteiger partial charge on any atom is -0.491 e. The van der Waals surface area contributed by atoms with Gasteiger partial charge in [-0.2, -0.15) is 5.26 Å². The highest BCUT2D eigenvalue weighted by Gasteiger charge is 2.22. The number of imidazole rings is 1. The number of amides is 1. The molecule has 2 aromatic carbocycles. The molecule has 0 saturated heterocycles. The van der Waals surface area contributed by atoms with Crippen LogP contribution in [0.15, 0.2) is 54.9 Å². The van der Waals surface area contributed by atoms with Crippen LogP contribution in [0, 0.1) is 18.3 Å². The zero-order chi connectivity index (χ0) is 27.2. The number of hydrogen-bond donors (Lipinski definition) is 1. The van der Waals surface area contributed by atoms with Crippen LogP contribution < -0.4 is 15.0 Å². The second-order valence-electron chi connectivity index (χ2n) is 9.88. The number of aromatic nitrogens is 2. The Hall–Kier alpha value is -4.32. The van der Waals surface area contributed by atoms with Crippen LogP contribution in [0.4, 0.5) is 16.2 Å². The van der Waals surface area contributed by atoms with Crippen molar-refractivity contribution < 1.29 is 19.1 Å². The molecule has 0 unspecified atom stereocenters. The average molecular weight is 504 g/mol. The van der Waals surface area contributed by atoms with Gasteiger partial charge >= 0.3 is 6.09 Å². The number of anilines is 2. The molecule has 1 N–H and O–H groups in total. The molecule has 3 rings (SSSR count). The second kappa shape index (κ2) is 11.6. The SMILES string of the molecule is Cc1c(CN(CC(=O)Nc2ccc(OC(C)C)cc2)c2cccc(C#N)c2)ncn1C(=O)OC(C)(C)C. The maximum atomic E-state index is 13.0. The zero-order valence-electron chi connectivity index (χ0n) is 22.1. The summed E-state index contributed by atoms with van der Waals surface area (Å²) >= 11 is 0. The number of benzene rings is 2. The van der Waals surface area contributed by atoms with Crippen LogP contribution in [-0.2, 0) is 16.1 Å². The van der Waals surface area contributed by atoms with Crippen LogP contribution in [0.2, 0.25) is 0 Å². The van der Waals surface area contributed by atoms with Crippen LogP contribution in [0.3, 0.4) is 0 Å². The van der Waals surface area contributed by atoms with E-state index in [0.717, 1.165) is 5.75 Å². The fourth-order valence-electron chi connectivity index (χ4n) is 3.55. The fourth-order valence-corrected chi connectivity index (χ4v) is 3.55. The highest BCUT2D eigenvalue weighted by atomic mass is 16.6. The van der Waals surface area contributed by atoms with Gasteiger partial charge in [0.2, 0.25) is 5.91 Å². The largest absolute Gasteiger partial charge is 0.491 e. The number of hydrogen-bond acceptors (Lipinski definition) is 7. The molecule has 1 heterocycles. The quantitative estimate of drug-likeness (QED) is 0.445. The topological polar surface area (TPSA) is 109 Å². The van der Waals surface area contributed by atoms with Crippen molar-refractivity contribution in [2.24, 2.45) is 0 Å². The molecule has 0 bridgehead atoms. The van der Waals surface area contributed by atoms with Crippen molar-refractivity contribution in [1.82, 2.24) is 9.55 Å². The Bertz CT molecular complexity index is 1280. The van der Waals surface area contributed by atoms with Gasteiger partial charge in [-0.05, 0) is 84.0 Å². The lowest BCUT2D eigenvalue weighted by Gasteiger charge is -2.24. The maximum absolute atomic E-state index is 13.0. The Morgan fingerprint density at radius 2 is 1.86 bits per heavy atom. The summed E-state index contributed by atoms with van der Waals surface area (Å²) in [5.41, 5.74) is 2.36. The standard InChI is InChI=1S/C28H33N5O4/c1-19(2)36-24-12-10-22(11-13-24)31-26(34)17-32(23-9-7-8-21(14-23)15-29)16-25-20(3)33(18-30-25)27(35)37-28(4,5)6/h7-14,18-19H,16-17H2,1-6H3,(H,31,34). The molecule has 0 aliphatic heterocycles. The number of nitriles is 1. The van der Waals surface area contributed by atoms with Crippen LogP contribution in [0.25, 0.3) is 0 Å². The van der Waals surface area contributed by atoms with Gasteiger partial charge in [0, 0.05) is 11.4 Å². The molecular formula is C28H33N5O4. The second-order valence-corrected chi connectivity index (χ2v) is 9.88. The van der Waals surface area contributed by atoms with E-state index in [1.165, 1.54) is 10.9 Å². The molecule has 0 aliphatic carbocycles. The molecule has 0 saturated carbocycles. The smallest absolute Gasteiger partial charge is 0.420 e. The third kappa shape index (κ3) is 7.84. The van der Waals surface area contributed by atoms with Crippen molar-refractivity contribution in [1.29, 1.82) is 5.26 Å². The highest BCUT2D eigenvalue weighted by Crippen LogP contribution is 2.22. The lowest BCUT2D eigenvalue weighted by atomic mass is 10.2. The molecule has 0 spiro atoms. The van der Waals surface area contributed by atoms with E-state index in [2.05, 4.69) is 16.4 Å². The summed E-state index contributed by atoms with van der Waals surface area (Å²) in [6.07, 6.45) is 0.952. The summed E-state index contributed by atoms with van der Waals surface area (Å²) in [5.74, 6) is 0.475. The highest BCUT2D eigenvalue weighted by molar-refractivity contribution is 5.94. The molecule has 0 fully saturated rings. The summed E-state index contributed by atoms with van der Waals surface area (Å²) < 4.78 is 12.5.